The van der Waals surface area contributed by atoms with Crippen molar-refractivity contribution in [2.24, 2.45) is 0 Å². The lowest BCUT2D eigenvalue weighted by atomic mass is 10.1. The summed E-state index contributed by atoms with van der Waals surface area (Å²) in [5, 5.41) is 10.0. The van der Waals surface area contributed by atoms with Gasteiger partial charge in [-0.15, -0.1) is 0 Å². The summed E-state index contributed by atoms with van der Waals surface area (Å²) in [6.07, 6.45) is 0. The Hall–Kier alpha value is -2.53. The number of carbonyl (C=O) groups excluding carboxylic acids is 2. The van der Waals surface area contributed by atoms with Gasteiger partial charge >= 0.3 is 0 Å². The van der Waals surface area contributed by atoms with E-state index in [0.717, 1.165) is 0 Å². The summed E-state index contributed by atoms with van der Waals surface area (Å²) in [7, 11) is 0. The number of phenols is 1. The fourth-order valence-corrected chi connectivity index (χ4v) is 2.93. The minimum absolute atomic E-state index is 0.0654. The van der Waals surface area contributed by atoms with Gasteiger partial charge in [-0.25, -0.2) is 0 Å². The largest absolute Gasteiger partial charge is 0.508 e. The Kier molecular flexibility index (Phi) is 4.71. The molecule has 1 aliphatic heterocycles. The second-order valence-electron chi connectivity index (χ2n) is 5.65. The maximum absolute atomic E-state index is 12.5. The quantitative estimate of drug-likeness (QED) is 0.911. The highest BCUT2D eigenvalue weighted by Crippen LogP contribution is 2.17. The van der Waals surface area contributed by atoms with Gasteiger partial charge in [0.1, 0.15) is 5.75 Å². The Morgan fingerprint density at radius 1 is 0.833 bits per heavy atom. The number of nitrogens with zero attached hydrogens (tertiary/aromatic N) is 2. The Morgan fingerprint density at radius 3 is 1.83 bits per heavy atom. The Morgan fingerprint density at radius 2 is 1.33 bits per heavy atom. The molecule has 2 aromatic rings. The average Bonchev–Trinajstić information content (AvgIpc) is 2.60. The lowest BCUT2D eigenvalue weighted by molar-refractivity contribution is 0.0535. The number of phenolic OH excluding ortho intramolecular Hbond substituents is 1. The normalized spacial score (nSPS) is 14.5. The summed E-state index contributed by atoms with van der Waals surface area (Å²) in [6, 6.07) is 13.1. The zero-order valence-corrected chi connectivity index (χ0v) is 13.7. The van der Waals surface area contributed by atoms with Gasteiger partial charge in [-0.05, 0) is 36.4 Å². The molecule has 24 heavy (non-hydrogen) atoms. The second-order valence-corrected chi connectivity index (χ2v) is 6.08. The number of hydrogen-bond acceptors (Lipinski definition) is 3. The summed E-state index contributed by atoms with van der Waals surface area (Å²) < 4.78 is 0. The summed E-state index contributed by atoms with van der Waals surface area (Å²) in [4.78, 5) is 28.3. The molecular weight excluding hydrogens is 328 g/mol. The zero-order valence-electron chi connectivity index (χ0n) is 13.0. The predicted octanol–water partition coefficient (Wildman–Crippen LogP) is 2.64. The average molecular weight is 345 g/mol. The van der Waals surface area contributed by atoms with E-state index >= 15 is 0 Å². The molecule has 1 N–H and O–H groups in total. The van der Waals surface area contributed by atoms with Gasteiger partial charge in [0.15, 0.2) is 0 Å². The molecule has 2 amide bonds. The van der Waals surface area contributed by atoms with Gasteiger partial charge in [0.2, 0.25) is 0 Å². The number of aromatic hydroxyl groups is 1. The third-order valence-corrected chi connectivity index (χ3v) is 4.25. The summed E-state index contributed by atoms with van der Waals surface area (Å²) in [6.45, 7) is 1.85. The third kappa shape index (κ3) is 3.51. The lowest BCUT2D eigenvalue weighted by Gasteiger charge is -2.35. The molecule has 1 fully saturated rings. The van der Waals surface area contributed by atoms with Crippen LogP contribution in [0.25, 0.3) is 0 Å². The van der Waals surface area contributed by atoms with E-state index in [0.29, 0.717) is 42.3 Å². The Bertz CT molecular complexity index is 705. The summed E-state index contributed by atoms with van der Waals surface area (Å²) in [5.41, 5.74) is 1.000. The molecule has 124 valence electrons. The van der Waals surface area contributed by atoms with Crippen molar-refractivity contribution in [2.75, 3.05) is 26.2 Å². The molecule has 0 bridgehead atoms. The molecule has 1 heterocycles. The fraction of sp³-hybridized carbons (Fsp3) is 0.222. The third-order valence-electron chi connectivity index (χ3n) is 4.02. The maximum atomic E-state index is 12.5. The van der Waals surface area contributed by atoms with Crippen molar-refractivity contribution in [1.29, 1.82) is 0 Å². The fourth-order valence-electron chi connectivity index (χ4n) is 2.74. The van der Waals surface area contributed by atoms with Crippen molar-refractivity contribution in [1.82, 2.24) is 9.80 Å². The zero-order chi connectivity index (χ0) is 17.1. The van der Waals surface area contributed by atoms with Crippen molar-refractivity contribution in [3.63, 3.8) is 0 Å². The number of benzene rings is 2. The van der Waals surface area contributed by atoms with Crippen LogP contribution in [-0.4, -0.2) is 52.9 Å². The molecule has 0 radical (unpaired) electrons. The van der Waals surface area contributed by atoms with Crippen LogP contribution in [0.1, 0.15) is 20.7 Å². The number of carbonyl (C=O) groups is 2. The molecular formula is C18H17ClN2O3. The van der Waals surface area contributed by atoms with E-state index in [1.807, 2.05) is 0 Å². The molecule has 0 unspecified atom stereocenters. The molecule has 0 aliphatic carbocycles. The molecule has 6 heteroatoms. The van der Waals surface area contributed by atoms with Crippen LogP contribution in [0.5, 0.6) is 5.75 Å². The first-order valence-corrected chi connectivity index (χ1v) is 8.05. The van der Waals surface area contributed by atoms with Crippen LogP contribution in [0.15, 0.2) is 48.5 Å². The first kappa shape index (κ1) is 16.3. The highest BCUT2D eigenvalue weighted by atomic mass is 35.5. The Balaban J connectivity index is 1.63. The summed E-state index contributed by atoms with van der Waals surface area (Å²) in [5.74, 6) is -0.154. The first-order valence-electron chi connectivity index (χ1n) is 7.68. The highest BCUT2D eigenvalue weighted by molar-refractivity contribution is 6.30. The van der Waals surface area contributed by atoms with E-state index in [2.05, 4.69) is 0 Å². The van der Waals surface area contributed by atoms with Crippen molar-refractivity contribution in [2.45, 2.75) is 0 Å². The predicted molar refractivity (Wildman–Crippen MR) is 91.4 cm³/mol. The molecule has 1 aliphatic rings. The molecule has 3 rings (SSSR count). The van der Waals surface area contributed by atoms with Crippen LogP contribution in [0.4, 0.5) is 0 Å². The number of hydrogen-bond donors (Lipinski definition) is 1. The monoisotopic (exact) mass is 344 g/mol. The van der Waals surface area contributed by atoms with Crippen molar-refractivity contribution in [3.8, 4) is 5.75 Å². The molecule has 1 saturated heterocycles. The molecule has 0 spiro atoms. The SMILES string of the molecule is O=C(c1cccc(O)c1)N1CCN(C(=O)c2cccc(Cl)c2)CC1. The lowest BCUT2D eigenvalue weighted by Crippen LogP contribution is -2.50. The van der Waals surface area contributed by atoms with Gasteiger partial charge in [-0.3, -0.25) is 9.59 Å². The standard InChI is InChI=1S/C18H17ClN2O3/c19-15-5-1-3-13(11-15)17(23)20-7-9-21(10-8-20)18(24)14-4-2-6-16(22)12-14/h1-6,11-12,22H,7-10H2. The Labute approximate surface area is 145 Å². The van der Waals surface area contributed by atoms with Gasteiger partial charge in [0, 0.05) is 42.3 Å². The van der Waals surface area contributed by atoms with Crippen molar-refractivity contribution >= 4 is 23.4 Å². The smallest absolute Gasteiger partial charge is 0.254 e. The summed E-state index contributed by atoms with van der Waals surface area (Å²) >= 11 is 5.93. The van der Waals surface area contributed by atoms with E-state index < -0.39 is 0 Å². The van der Waals surface area contributed by atoms with E-state index in [-0.39, 0.29) is 17.6 Å². The van der Waals surface area contributed by atoms with E-state index in [1.165, 1.54) is 12.1 Å². The van der Waals surface area contributed by atoms with Crippen molar-refractivity contribution < 1.29 is 14.7 Å². The number of amides is 2. The maximum Gasteiger partial charge on any atom is 0.254 e. The van der Waals surface area contributed by atoms with Gasteiger partial charge in [-0.1, -0.05) is 23.7 Å². The van der Waals surface area contributed by atoms with Gasteiger partial charge in [-0.2, -0.15) is 0 Å². The van der Waals surface area contributed by atoms with Crippen LogP contribution in [-0.2, 0) is 0 Å². The second kappa shape index (κ2) is 6.93. The van der Waals surface area contributed by atoms with Crippen LogP contribution in [0.3, 0.4) is 0 Å². The minimum atomic E-state index is -0.138. The highest BCUT2D eigenvalue weighted by Gasteiger charge is 2.25. The van der Waals surface area contributed by atoms with Crippen LogP contribution < -0.4 is 0 Å². The molecule has 2 aromatic carbocycles. The molecule has 5 nitrogen and oxygen atoms in total. The number of piperazine rings is 1. The van der Waals surface area contributed by atoms with E-state index in [4.69, 9.17) is 11.6 Å². The first-order chi connectivity index (χ1) is 11.5. The van der Waals surface area contributed by atoms with Crippen LogP contribution >= 0.6 is 11.6 Å². The van der Waals surface area contributed by atoms with Crippen LogP contribution in [0, 0.1) is 0 Å². The van der Waals surface area contributed by atoms with Gasteiger partial charge in [0.25, 0.3) is 11.8 Å². The van der Waals surface area contributed by atoms with E-state index in [9.17, 15) is 14.7 Å². The molecule has 0 aromatic heterocycles. The van der Waals surface area contributed by atoms with E-state index in [1.54, 1.807) is 46.2 Å². The van der Waals surface area contributed by atoms with Crippen LogP contribution in [0.2, 0.25) is 5.02 Å². The molecule has 0 saturated carbocycles. The minimum Gasteiger partial charge on any atom is -0.508 e. The van der Waals surface area contributed by atoms with Gasteiger partial charge < -0.3 is 14.9 Å². The van der Waals surface area contributed by atoms with Gasteiger partial charge in [0.05, 0.1) is 0 Å². The van der Waals surface area contributed by atoms with Crippen molar-refractivity contribution in [3.05, 3.63) is 64.7 Å². The number of halogens is 1. The molecule has 0 atom stereocenters. The topological polar surface area (TPSA) is 60.9 Å². The number of rotatable bonds is 2.